The number of hydrogen-bond acceptors (Lipinski definition) is 2. The van der Waals surface area contributed by atoms with E-state index >= 15 is 0 Å². The van der Waals surface area contributed by atoms with Gasteiger partial charge in [-0.15, -0.1) is 11.6 Å². The number of alkyl halides is 1. The number of hydrogen-bond donors (Lipinski definition) is 1. The number of rotatable bonds is 7. The standard InChI is InChI=1S/C13H19ClO2/c1-2-10-16-12-7-5-11(6-8-12)13(14)4-3-9-15/h5-8,13,15H,2-4,9-10H2,1H3. The summed E-state index contributed by atoms with van der Waals surface area (Å²) in [5.41, 5.74) is 1.08. The van der Waals surface area contributed by atoms with Crippen molar-refractivity contribution in [2.75, 3.05) is 13.2 Å². The van der Waals surface area contributed by atoms with Crippen LogP contribution in [0, 0.1) is 0 Å². The highest BCUT2D eigenvalue weighted by atomic mass is 35.5. The Kier molecular flexibility index (Phi) is 6.27. The summed E-state index contributed by atoms with van der Waals surface area (Å²) < 4.78 is 5.49. The first-order chi connectivity index (χ1) is 7.77. The molecular formula is C13H19ClO2. The molecule has 0 saturated carbocycles. The summed E-state index contributed by atoms with van der Waals surface area (Å²) in [7, 11) is 0. The average molecular weight is 243 g/mol. The second-order valence-corrected chi connectivity index (χ2v) is 4.28. The first-order valence-corrected chi connectivity index (χ1v) is 6.19. The lowest BCUT2D eigenvalue weighted by atomic mass is 10.1. The SMILES string of the molecule is CCCOc1ccc(C(Cl)CCCO)cc1. The third kappa shape index (κ3) is 4.42. The minimum atomic E-state index is -0.0209. The zero-order chi connectivity index (χ0) is 11.8. The fourth-order valence-corrected chi connectivity index (χ4v) is 1.73. The van der Waals surface area contributed by atoms with E-state index in [9.17, 15) is 0 Å². The summed E-state index contributed by atoms with van der Waals surface area (Å²) in [5.74, 6) is 0.886. The Bertz CT molecular complexity index is 284. The van der Waals surface area contributed by atoms with E-state index in [1.54, 1.807) is 0 Å². The van der Waals surface area contributed by atoms with E-state index in [4.69, 9.17) is 21.4 Å². The van der Waals surface area contributed by atoms with E-state index in [0.717, 1.165) is 37.2 Å². The van der Waals surface area contributed by atoms with Gasteiger partial charge in [-0.05, 0) is 37.0 Å². The third-order valence-electron chi connectivity index (χ3n) is 2.33. The number of benzene rings is 1. The fraction of sp³-hybridized carbons (Fsp3) is 0.538. The van der Waals surface area contributed by atoms with Crippen LogP contribution in [0.1, 0.15) is 37.1 Å². The zero-order valence-corrected chi connectivity index (χ0v) is 10.4. The van der Waals surface area contributed by atoms with E-state index in [2.05, 4.69) is 6.92 Å². The molecule has 0 aliphatic carbocycles. The molecule has 2 nitrogen and oxygen atoms in total. The molecule has 16 heavy (non-hydrogen) atoms. The van der Waals surface area contributed by atoms with Crippen molar-refractivity contribution in [1.82, 2.24) is 0 Å². The lowest BCUT2D eigenvalue weighted by Crippen LogP contribution is -1.96. The van der Waals surface area contributed by atoms with Crippen LogP contribution in [0.15, 0.2) is 24.3 Å². The van der Waals surface area contributed by atoms with Crippen LogP contribution in [0.2, 0.25) is 0 Å². The van der Waals surface area contributed by atoms with Gasteiger partial charge in [0.2, 0.25) is 0 Å². The first kappa shape index (κ1) is 13.3. The molecule has 0 saturated heterocycles. The molecule has 0 aliphatic rings. The van der Waals surface area contributed by atoms with Crippen molar-refractivity contribution in [3.8, 4) is 5.75 Å². The van der Waals surface area contributed by atoms with Gasteiger partial charge in [0.1, 0.15) is 5.75 Å². The van der Waals surface area contributed by atoms with E-state index in [-0.39, 0.29) is 12.0 Å². The van der Waals surface area contributed by atoms with Crippen LogP contribution < -0.4 is 4.74 Å². The van der Waals surface area contributed by atoms with E-state index in [1.165, 1.54) is 0 Å². The van der Waals surface area contributed by atoms with Gasteiger partial charge in [-0.25, -0.2) is 0 Å². The van der Waals surface area contributed by atoms with Crippen molar-refractivity contribution in [2.45, 2.75) is 31.6 Å². The topological polar surface area (TPSA) is 29.5 Å². The van der Waals surface area contributed by atoms with Gasteiger partial charge in [-0.2, -0.15) is 0 Å². The van der Waals surface area contributed by atoms with Crippen LogP contribution in [0.5, 0.6) is 5.75 Å². The Morgan fingerprint density at radius 3 is 2.56 bits per heavy atom. The molecular weight excluding hydrogens is 224 g/mol. The van der Waals surface area contributed by atoms with Crippen LogP contribution in [-0.4, -0.2) is 18.3 Å². The smallest absolute Gasteiger partial charge is 0.119 e. The Labute approximate surface area is 102 Å². The quantitative estimate of drug-likeness (QED) is 0.742. The molecule has 3 heteroatoms. The van der Waals surface area contributed by atoms with E-state index in [0.29, 0.717) is 0 Å². The normalized spacial score (nSPS) is 12.4. The van der Waals surface area contributed by atoms with Gasteiger partial charge in [0.05, 0.1) is 12.0 Å². The van der Waals surface area contributed by atoms with Crippen LogP contribution >= 0.6 is 11.6 Å². The Balaban J connectivity index is 2.49. The van der Waals surface area contributed by atoms with Crippen molar-refractivity contribution < 1.29 is 9.84 Å². The lowest BCUT2D eigenvalue weighted by molar-refractivity contribution is 0.284. The van der Waals surface area contributed by atoms with Gasteiger partial charge < -0.3 is 9.84 Å². The number of aliphatic hydroxyl groups excluding tert-OH is 1. The molecule has 0 heterocycles. The minimum Gasteiger partial charge on any atom is -0.494 e. The maximum Gasteiger partial charge on any atom is 0.119 e. The molecule has 0 aromatic heterocycles. The highest BCUT2D eigenvalue weighted by molar-refractivity contribution is 6.20. The number of halogens is 1. The number of ether oxygens (including phenoxy) is 1. The predicted octanol–water partition coefficient (Wildman–Crippen LogP) is 3.53. The highest BCUT2D eigenvalue weighted by Gasteiger charge is 2.07. The zero-order valence-electron chi connectivity index (χ0n) is 9.66. The monoisotopic (exact) mass is 242 g/mol. The number of aliphatic hydroxyl groups is 1. The summed E-state index contributed by atoms with van der Waals surface area (Å²) in [6.07, 6.45) is 2.55. The minimum absolute atomic E-state index is 0.0209. The predicted molar refractivity (Wildman–Crippen MR) is 67.1 cm³/mol. The second kappa shape index (κ2) is 7.53. The van der Waals surface area contributed by atoms with Crippen LogP contribution in [-0.2, 0) is 0 Å². The van der Waals surface area contributed by atoms with Gasteiger partial charge in [0.15, 0.2) is 0 Å². The third-order valence-corrected chi connectivity index (χ3v) is 2.80. The van der Waals surface area contributed by atoms with Crippen molar-refractivity contribution in [1.29, 1.82) is 0 Å². The van der Waals surface area contributed by atoms with Crippen LogP contribution in [0.3, 0.4) is 0 Å². The molecule has 0 amide bonds. The van der Waals surface area contributed by atoms with Gasteiger partial charge in [0, 0.05) is 6.61 Å². The summed E-state index contributed by atoms with van der Waals surface area (Å²) in [5, 5.41) is 8.70. The molecule has 0 fully saturated rings. The van der Waals surface area contributed by atoms with Crippen molar-refractivity contribution >= 4 is 11.6 Å². The molecule has 1 aromatic rings. The molecule has 1 N–H and O–H groups in total. The van der Waals surface area contributed by atoms with Gasteiger partial charge in [0.25, 0.3) is 0 Å². The summed E-state index contributed by atoms with van der Waals surface area (Å²) >= 11 is 6.19. The molecule has 90 valence electrons. The highest BCUT2D eigenvalue weighted by Crippen LogP contribution is 2.26. The molecule has 1 rings (SSSR count). The molecule has 1 unspecified atom stereocenters. The van der Waals surface area contributed by atoms with Crippen LogP contribution in [0.4, 0.5) is 0 Å². The van der Waals surface area contributed by atoms with Gasteiger partial charge in [-0.3, -0.25) is 0 Å². The molecule has 0 bridgehead atoms. The molecule has 1 atom stereocenters. The van der Waals surface area contributed by atoms with Crippen molar-refractivity contribution in [3.05, 3.63) is 29.8 Å². The molecule has 0 aliphatic heterocycles. The van der Waals surface area contributed by atoms with Crippen LogP contribution in [0.25, 0.3) is 0 Å². The summed E-state index contributed by atoms with van der Waals surface area (Å²) in [6, 6.07) is 7.86. The molecule has 0 spiro atoms. The Morgan fingerprint density at radius 1 is 1.31 bits per heavy atom. The maximum atomic E-state index is 8.72. The fourth-order valence-electron chi connectivity index (χ4n) is 1.43. The van der Waals surface area contributed by atoms with Crippen molar-refractivity contribution in [3.63, 3.8) is 0 Å². The molecule has 0 radical (unpaired) electrons. The average Bonchev–Trinajstić information content (AvgIpc) is 2.34. The summed E-state index contributed by atoms with van der Waals surface area (Å²) in [4.78, 5) is 0. The first-order valence-electron chi connectivity index (χ1n) is 5.75. The Hall–Kier alpha value is -0.730. The van der Waals surface area contributed by atoms with E-state index < -0.39 is 0 Å². The molecule has 1 aromatic carbocycles. The summed E-state index contributed by atoms with van der Waals surface area (Å²) in [6.45, 7) is 3.02. The van der Waals surface area contributed by atoms with E-state index in [1.807, 2.05) is 24.3 Å². The lowest BCUT2D eigenvalue weighted by Gasteiger charge is -2.10. The van der Waals surface area contributed by atoms with Gasteiger partial charge in [-0.1, -0.05) is 19.1 Å². The van der Waals surface area contributed by atoms with Gasteiger partial charge >= 0.3 is 0 Å². The van der Waals surface area contributed by atoms with Crippen molar-refractivity contribution in [2.24, 2.45) is 0 Å². The second-order valence-electron chi connectivity index (χ2n) is 3.75. The largest absolute Gasteiger partial charge is 0.494 e. The maximum absolute atomic E-state index is 8.72. The Morgan fingerprint density at radius 2 is 2.00 bits per heavy atom.